The highest BCUT2D eigenvalue weighted by Gasteiger charge is 2.32. The van der Waals surface area contributed by atoms with Crippen molar-refractivity contribution in [3.63, 3.8) is 0 Å². The molecule has 0 atom stereocenters. The molecule has 1 fully saturated rings. The zero-order valence-electron chi connectivity index (χ0n) is 15.2. The van der Waals surface area contributed by atoms with Crippen LogP contribution in [-0.4, -0.2) is 17.1 Å². The van der Waals surface area contributed by atoms with Gasteiger partial charge in [0.15, 0.2) is 0 Å². The van der Waals surface area contributed by atoms with E-state index >= 15 is 0 Å². The normalized spacial score (nSPS) is 17.5. The van der Waals surface area contributed by atoms with Gasteiger partial charge in [-0.05, 0) is 57.7 Å². The average molecular weight is 335 g/mol. The van der Waals surface area contributed by atoms with Crippen molar-refractivity contribution in [1.29, 1.82) is 0 Å². The monoisotopic (exact) mass is 335 g/mol. The van der Waals surface area contributed by atoms with E-state index in [0.717, 1.165) is 24.8 Å². The molecule has 0 bridgehead atoms. The fraction of sp³-hybridized carbons (Fsp3) is 0.650. The minimum absolute atomic E-state index is 0.0104. The Kier molecular flexibility index (Phi) is 6.39. The van der Waals surface area contributed by atoms with Crippen LogP contribution in [0.5, 0.6) is 0 Å². The molecule has 1 aromatic rings. The van der Waals surface area contributed by atoms with Crippen LogP contribution in [-0.2, 0) is 16.1 Å². The highest BCUT2D eigenvalue weighted by molar-refractivity contribution is 5.70. The van der Waals surface area contributed by atoms with Crippen LogP contribution in [0.4, 0.5) is 4.39 Å². The smallest absolute Gasteiger partial charge is 0.306 e. The first-order valence-electron chi connectivity index (χ1n) is 8.99. The van der Waals surface area contributed by atoms with E-state index in [2.05, 4.69) is 5.32 Å². The Hall–Kier alpha value is -1.42. The van der Waals surface area contributed by atoms with Crippen LogP contribution in [0, 0.1) is 5.82 Å². The van der Waals surface area contributed by atoms with E-state index in [9.17, 15) is 9.18 Å². The second-order valence-electron chi connectivity index (χ2n) is 7.91. The maximum Gasteiger partial charge on any atom is 0.306 e. The number of nitrogens with one attached hydrogen (secondary N) is 1. The zero-order valence-corrected chi connectivity index (χ0v) is 15.2. The summed E-state index contributed by atoms with van der Waals surface area (Å²) in [5.74, 6) is -0.341. The van der Waals surface area contributed by atoms with E-state index in [1.165, 1.54) is 31.4 Å². The number of halogens is 1. The van der Waals surface area contributed by atoms with Gasteiger partial charge in [-0.15, -0.1) is 0 Å². The third-order valence-electron chi connectivity index (χ3n) is 4.62. The van der Waals surface area contributed by atoms with Gasteiger partial charge >= 0.3 is 5.97 Å². The first-order chi connectivity index (χ1) is 11.3. The van der Waals surface area contributed by atoms with Crippen LogP contribution in [0.25, 0.3) is 0 Å². The van der Waals surface area contributed by atoms with Crippen LogP contribution in [0.3, 0.4) is 0 Å². The van der Waals surface area contributed by atoms with Crippen LogP contribution in [0.15, 0.2) is 24.3 Å². The van der Waals surface area contributed by atoms with Gasteiger partial charge in [0.05, 0.1) is 0 Å². The Bertz CT molecular complexity index is 528. The lowest BCUT2D eigenvalue weighted by molar-refractivity contribution is -0.155. The Morgan fingerprint density at radius 1 is 1.17 bits per heavy atom. The van der Waals surface area contributed by atoms with Gasteiger partial charge < -0.3 is 10.1 Å². The molecule has 4 heteroatoms. The summed E-state index contributed by atoms with van der Waals surface area (Å²) in [7, 11) is 0. The third-order valence-corrected chi connectivity index (χ3v) is 4.62. The highest BCUT2D eigenvalue weighted by Crippen LogP contribution is 2.33. The summed E-state index contributed by atoms with van der Waals surface area (Å²) < 4.78 is 18.5. The van der Waals surface area contributed by atoms with Crippen molar-refractivity contribution in [1.82, 2.24) is 5.32 Å². The molecule has 3 nitrogen and oxygen atoms in total. The first kappa shape index (κ1) is 18.9. The lowest BCUT2D eigenvalue weighted by Gasteiger charge is -2.38. The first-order valence-corrected chi connectivity index (χ1v) is 8.99. The number of hydrogen-bond acceptors (Lipinski definition) is 3. The number of benzene rings is 1. The second kappa shape index (κ2) is 8.11. The quantitative estimate of drug-likeness (QED) is 0.763. The summed E-state index contributed by atoms with van der Waals surface area (Å²) in [5, 5.41) is 3.66. The lowest BCUT2D eigenvalue weighted by Crippen LogP contribution is -2.46. The predicted molar refractivity (Wildman–Crippen MR) is 94.1 cm³/mol. The Morgan fingerprint density at radius 3 is 2.38 bits per heavy atom. The average Bonchev–Trinajstić information content (AvgIpc) is 2.52. The van der Waals surface area contributed by atoms with Gasteiger partial charge in [-0.25, -0.2) is 4.39 Å². The minimum atomic E-state index is -0.432. The molecule has 2 rings (SSSR count). The maximum atomic E-state index is 13.0. The van der Waals surface area contributed by atoms with Crippen molar-refractivity contribution in [2.24, 2.45) is 0 Å². The standard InChI is InChI=1S/C20H30FNO2/c1-19(2,3)24-18(23)11-14-20(12-5-4-6-13-20)22-15-16-7-9-17(21)10-8-16/h7-10,22H,4-6,11-15H2,1-3H3. The molecule has 0 heterocycles. The molecule has 0 aliphatic heterocycles. The van der Waals surface area contributed by atoms with Gasteiger partial charge in [0.25, 0.3) is 0 Å². The molecule has 0 spiro atoms. The maximum absolute atomic E-state index is 13.0. The summed E-state index contributed by atoms with van der Waals surface area (Å²) >= 11 is 0. The van der Waals surface area contributed by atoms with Crippen LogP contribution < -0.4 is 5.32 Å². The third kappa shape index (κ3) is 6.23. The molecular weight excluding hydrogens is 305 g/mol. The van der Waals surface area contributed by atoms with Gasteiger partial charge in [0.2, 0.25) is 0 Å². The molecule has 24 heavy (non-hydrogen) atoms. The van der Waals surface area contributed by atoms with Gasteiger partial charge in [-0.2, -0.15) is 0 Å². The summed E-state index contributed by atoms with van der Waals surface area (Å²) in [6, 6.07) is 6.61. The molecule has 1 aliphatic carbocycles. The summed E-state index contributed by atoms with van der Waals surface area (Å²) in [4.78, 5) is 12.1. The van der Waals surface area contributed by atoms with Gasteiger partial charge in [-0.3, -0.25) is 4.79 Å². The minimum Gasteiger partial charge on any atom is -0.460 e. The summed E-state index contributed by atoms with van der Waals surface area (Å²) in [6.45, 7) is 6.39. The molecule has 0 aromatic heterocycles. The highest BCUT2D eigenvalue weighted by atomic mass is 19.1. The molecule has 1 N–H and O–H groups in total. The van der Waals surface area contributed by atoms with E-state index in [4.69, 9.17) is 4.74 Å². The number of rotatable bonds is 6. The topological polar surface area (TPSA) is 38.3 Å². The summed E-state index contributed by atoms with van der Waals surface area (Å²) in [5.41, 5.74) is 0.626. The fourth-order valence-corrected chi connectivity index (χ4v) is 3.37. The van der Waals surface area contributed by atoms with E-state index in [1.54, 1.807) is 0 Å². The largest absolute Gasteiger partial charge is 0.460 e. The molecule has 0 amide bonds. The molecule has 0 radical (unpaired) electrons. The number of carbonyl (C=O) groups excluding carboxylic acids is 1. The number of hydrogen-bond donors (Lipinski definition) is 1. The second-order valence-corrected chi connectivity index (χ2v) is 7.91. The van der Waals surface area contributed by atoms with Crippen molar-refractivity contribution in [3.8, 4) is 0 Å². The molecular formula is C20H30FNO2. The van der Waals surface area contributed by atoms with Crippen molar-refractivity contribution in [2.45, 2.75) is 83.4 Å². The van der Waals surface area contributed by atoms with Crippen LogP contribution in [0.2, 0.25) is 0 Å². The molecule has 1 aromatic carbocycles. The van der Waals surface area contributed by atoms with Crippen molar-refractivity contribution in [2.75, 3.05) is 0 Å². The van der Waals surface area contributed by atoms with Gasteiger partial charge in [-0.1, -0.05) is 31.4 Å². The Labute approximate surface area is 145 Å². The van der Waals surface area contributed by atoms with Crippen molar-refractivity contribution < 1.29 is 13.9 Å². The van der Waals surface area contributed by atoms with Gasteiger partial charge in [0, 0.05) is 18.5 Å². The van der Waals surface area contributed by atoms with E-state index in [-0.39, 0.29) is 17.3 Å². The lowest BCUT2D eigenvalue weighted by atomic mass is 9.78. The van der Waals surface area contributed by atoms with Crippen LogP contribution >= 0.6 is 0 Å². The molecule has 134 valence electrons. The molecule has 0 unspecified atom stereocenters. The predicted octanol–water partition coefficient (Wildman–Crippen LogP) is 4.74. The van der Waals surface area contributed by atoms with Crippen molar-refractivity contribution in [3.05, 3.63) is 35.6 Å². The van der Waals surface area contributed by atoms with E-state index in [1.807, 2.05) is 32.9 Å². The number of carbonyl (C=O) groups is 1. The Morgan fingerprint density at radius 2 is 1.79 bits per heavy atom. The Balaban J connectivity index is 1.93. The fourth-order valence-electron chi connectivity index (χ4n) is 3.37. The van der Waals surface area contributed by atoms with E-state index < -0.39 is 5.60 Å². The van der Waals surface area contributed by atoms with Crippen molar-refractivity contribution >= 4 is 5.97 Å². The zero-order chi connectivity index (χ0) is 17.6. The molecule has 0 saturated heterocycles. The summed E-state index contributed by atoms with van der Waals surface area (Å²) in [6.07, 6.45) is 7.02. The number of ether oxygens (including phenoxy) is 1. The SMILES string of the molecule is CC(C)(C)OC(=O)CCC1(NCc2ccc(F)cc2)CCCCC1. The number of esters is 1. The van der Waals surface area contributed by atoms with Gasteiger partial charge in [0.1, 0.15) is 11.4 Å². The molecule has 1 saturated carbocycles. The van der Waals surface area contributed by atoms with E-state index in [0.29, 0.717) is 13.0 Å². The molecule has 1 aliphatic rings. The van der Waals surface area contributed by atoms with Crippen LogP contribution in [0.1, 0.15) is 71.3 Å².